The summed E-state index contributed by atoms with van der Waals surface area (Å²) in [6, 6.07) is 14.7. The molecule has 6 nitrogen and oxygen atoms in total. The van der Waals surface area contributed by atoms with Crippen LogP contribution in [0.2, 0.25) is 5.02 Å². The summed E-state index contributed by atoms with van der Waals surface area (Å²) in [6.45, 7) is 0. The molecular formula is C22H18ClN3O3S. The zero-order valence-corrected chi connectivity index (χ0v) is 17.3. The number of carbonyl (C=O) groups excluding carboxylic acids is 2. The van der Waals surface area contributed by atoms with Crippen molar-refractivity contribution in [2.24, 2.45) is 0 Å². The van der Waals surface area contributed by atoms with Gasteiger partial charge in [-0.3, -0.25) is 9.59 Å². The lowest BCUT2D eigenvalue weighted by atomic mass is 10.0. The van der Waals surface area contributed by atoms with Crippen molar-refractivity contribution in [2.45, 2.75) is 12.5 Å². The van der Waals surface area contributed by atoms with E-state index in [0.717, 1.165) is 16.5 Å². The van der Waals surface area contributed by atoms with Crippen molar-refractivity contribution in [1.29, 1.82) is 0 Å². The monoisotopic (exact) mass is 439 g/mol. The number of hydrogen-bond donors (Lipinski definition) is 4. The molecule has 0 aliphatic rings. The quantitative estimate of drug-likeness (QED) is 0.331. The molecule has 0 aliphatic heterocycles. The Balaban J connectivity index is 1.61. The van der Waals surface area contributed by atoms with Crippen molar-refractivity contribution in [1.82, 2.24) is 10.3 Å². The number of carbonyl (C=O) groups is 2. The highest BCUT2D eigenvalue weighted by atomic mass is 35.5. The number of H-pyrrole nitrogens is 1. The molecule has 2 aromatic carbocycles. The van der Waals surface area contributed by atoms with Crippen molar-refractivity contribution in [3.8, 4) is 5.75 Å². The third-order valence-corrected chi connectivity index (χ3v) is 5.79. The molecule has 4 N–H and O–H groups in total. The Hall–Kier alpha value is -3.29. The van der Waals surface area contributed by atoms with E-state index in [0.29, 0.717) is 9.90 Å². The highest BCUT2D eigenvalue weighted by Crippen LogP contribution is 2.27. The first-order valence-corrected chi connectivity index (χ1v) is 10.5. The van der Waals surface area contributed by atoms with Gasteiger partial charge in [-0.1, -0.05) is 35.9 Å². The summed E-state index contributed by atoms with van der Waals surface area (Å²) in [5.41, 5.74) is 2.03. The number of phenolic OH excluding ortho intramolecular Hbond substituents is 1. The fourth-order valence-electron chi connectivity index (χ4n) is 3.20. The molecule has 2 aromatic heterocycles. The average molecular weight is 440 g/mol. The van der Waals surface area contributed by atoms with Gasteiger partial charge in [0.2, 0.25) is 5.91 Å². The van der Waals surface area contributed by atoms with Crippen LogP contribution in [0.25, 0.3) is 10.9 Å². The van der Waals surface area contributed by atoms with Gasteiger partial charge in [-0.15, -0.1) is 11.3 Å². The van der Waals surface area contributed by atoms with E-state index < -0.39 is 11.9 Å². The molecule has 0 fully saturated rings. The highest BCUT2D eigenvalue weighted by molar-refractivity contribution is 7.12. The van der Waals surface area contributed by atoms with Crippen LogP contribution in [-0.4, -0.2) is 27.9 Å². The molecule has 2 heterocycles. The standard InChI is InChI=1S/C22H18ClN3O3S/c23-14-7-8-19(27)17(11-14)25-21(28)18(26-22(29)20-6-3-9-30-20)10-13-12-24-16-5-2-1-4-15(13)16/h1-9,11-12,18,24,27H,10H2,(H,25,28)(H,26,29). The minimum absolute atomic E-state index is 0.108. The third kappa shape index (κ3) is 4.32. The van der Waals surface area contributed by atoms with Crippen molar-refractivity contribution >= 4 is 51.3 Å². The van der Waals surface area contributed by atoms with Gasteiger partial charge < -0.3 is 20.7 Å². The van der Waals surface area contributed by atoms with Crippen LogP contribution in [0.1, 0.15) is 15.2 Å². The number of aromatic hydroxyl groups is 1. The van der Waals surface area contributed by atoms with Crippen LogP contribution < -0.4 is 10.6 Å². The minimum Gasteiger partial charge on any atom is -0.506 e. The van der Waals surface area contributed by atoms with E-state index in [1.165, 1.54) is 29.5 Å². The maximum absolute atomic E-state index is 13.1. The number of rotatable bonds is 6. The Morgan fingerprint density at radius 2 is 1.97 bits per heavy atom. The van der Waals surface area contributed by atoms with Gasteiger partial charge in [-0.2, -0.15) is 0 Å². The number of phenols is 1. The zero-order chi connectivity index (χ0) is 21.1. The molecule has 0 spiro atoms. The molecule has 0 radical (unpaired) electrons. The Morgan fingerprint density at radius 3 is 2.77 bits per heavy atom. The summed E-state index contributed by atoms with van der Waals surface area (Å²) >= 11 is 7.27. The Bertz CT molecular complexity index is 1200. The van der Waals surface area contributed by atoms with E-state index in [1.54, 1.807) is 17.5 Å². The predicted molar refractivity (Wildman–Crippen MR) is 119 cm³/mol. The number of benzene rings is 2. The van der Waals surface area contributed by atoms with Gasteiger partial charge in [0, 0.05) is 28.5 Å². The fraction of sp³-hybridized carbons (Fsp3) is 0.0909. The summed E-state index contributed by atoms with van der Waals surface area (Å²) in [7, 11) is 0. The van der Waals surface area contributed by atoms with Gasteiger partial charge in [-0.05, 0) is 41.3 Å². The van der Waals surface area contributed by atoms with Crippen molar-refractivity contribution in [2.75, 3.05) is 5.32 Å². The minimum atomic E-state index is -0.864. The van der Waals surface area contributed by atoms with Gasteiger partial charge in [0.1, 0.15) is 11.8 Å². The van der Waals surface area contributed by atoms with Gasteiger partial charge in [0.15, 0.2) is 0 Å². The molecule has 1 atom stereocenters. The first-order valence-electron chi connectivity index (χ1n) is 9.20. The van der Waals surface area contributed by atoms with Crippen molar-refractivity contribution in [3.05, 3.63) is 81.6 Å². The number of anilines is 1. The second-order valence-electron chi connectivity index (χ2n) is 6.72. The number of nitrogens with one attached hydrogen (secondary N) is 3. The maximum Gasteiger partial charge on any atom is 0.262 e. The van der Waals surface area contributed by atoms with Gasteiger partial charge in [-0.25, -0.2) is 0 Å². The molecule has 4 aromatic rings. The predicted octanol–water partition coefficient (Wildman–Crippen LogP) is 4.57. The first kappa shape index (κ1) is 20.0. The lowest BCUT2D eigenvalue weighted by molar-refractivity contribution is -0.118. The molecule has 0 aliphatic carbocycles. The van der Waals surface area contributed by atoms with Gasteiger partial charge in [0.25, 0.3) is 5.91 Å². The molecule has 2 amide bonds. The Kier molecular flexibility index (Phi) is 5.74. The number of aromatic nitrogens is 1. The summed E-state index contributed by atoms with van der Waals surface area (Å²) in [6.07, 6.45) is 2.10. The number of thiophene rings is 1. The normalized spacial score (nSPS) is 11.9. The van der Waals surface area contributed by atoms with Crippen LogP contribution in [-0.2, 0) is 11.2 Å². The number of halogens is 1. The molecule has 0 bridgehead atoms. The summed E-state index contributed by atoms with van der Waals surface area (Å²) in [4.78, 5) is 29.4. The molecule has 30 heavy (non-hydrogen) atoms. The van der Waals surface area contributed by atoms with Crippen LogP contribution in [0.5, 0.6) is 5.75 Å². The van der Waals surface area contributed by atoms with Crippen molar-refractivity contribution < 1.29 is 14.7 Å². The van der Waals surface area contributed by atoms with Crippen LogP contribution in [0.3, 0.4) is 0 Å². The fourth-order valence-corrected chi connectivity index (χ4v) is 3.99. The van der Waals surface area contributed by atoms with Gasteiger partial charge in [0.05, 0.1) is 10.6 Å². The van der Waals surface area contributed by atoms with E-state index in [4.69, 9.17) is 11.6 Å². The van der Waals surface area contributed by atoms with Crippen LogP contribution in [0.15, 0.2) is 66.2 Å². The maximum atomic E-state index is 13.1. The highest BCUT2D eigenvalue weighted by Gasteiger charge is 2.24. The molecule has 4 rings (SSSR count). The van der Waals surface area contributed by atoms with Crippen LogP contribution >= 0.6 is 22.9 Å². The smallest absolute Gasteiger partial charge is 0.262 e. The lowest BCUT2D eigenvalue weighted by Gasteiger charge is -2.18. The number of fused-ring (bicyclic) bond motifs is 1. The zero-order valence-electron chi connectivity index (χ0n) is 15.7. The third-order valence-electron chi connectivity index (χ3n) is 4.68. The molecule has 0 saturated heterocycles. The first-order chi connectivity index (χ1) is 14.5. The number of amides is 2. The largest absolute Gasteiger partial charge is 0.506 e. The SMILES string of the molecule is O=C(NC(Cc1c[nH]c2ccccc12)C(=O)Nc1cc(Cl)ccc1O)c1cccs1. The molecule has 1 unspecified atom stereocenters. The lowest BCUT2D eigenvalue weighted by Crippen LogP contribution is -2.45. The summed E-state index contributed by atoms with van der Waals surface area (Å²) < 4.78 is 0. The van der Waals surface area contributed by atoms with Crippen LogP contribution in [0.4, 0.5) is 5.69 Å². The summed E-state index contributed by atoms with van der Waals surface area (Å²) in [5.74, 6) is -0.897. The second-order valence-corrected chi connectivity index (χ2v) is 8.10. The molecule has 8 heteroatoms. The van der Waals surface area contributed by atoms with Crippen LogP contribution in [0, 0.1) is 0 Å². The second kappa shape index (κ2) is 8.61. The Morgan fingerprint density at radius 1 is 1.13 bits per heavy atom. The molecule has 152 valence electrons. The number of aromatic amines is 1. The topological polar surface area (TPSA) is 94.2 Å². The summed E-state index contributed by atoms with van der Waals surface area (Å²) in [5, 5.41) is 18.7. The average Bonchev–Trinajstić information content (AvgIpc) is 3.41. The van der Waals surface area contributed by atoms with Crippen molar-refractivity contribution in [3.63, 3.8) is 0 Å². The molecule has 0 saturated carbocycles. The van der Waals surface area contributed by atoms with E-state index >= 15 is 0 Å². The van der Waals surface area contributed by atoms with E-state index in [9.17, 15) is 14.7 Å². The van der Waals surface area contributed by atoms with E-state index in [-0.39, 0.29) is 23.8 Å². The van der Waals surface area contributed by atoms with E-state index in [1.807, 2.05) is 30.5 Å². The Labute approximate surface area is 181 Å². The van der Waals surface area contributed by atoms with Gasteiger partial charge >= 0.3 is 0 Å². The van der Waals surface area contributed by atoms with E-state index in [2.05, 4.69) is 15.6 Å². The number of para-hydroxylation sites is 1. The molecular weight excluding hydrogens is 422 g/mol. The number of hydrogen-bond acceptors (Lipinski definition) is 4.